The Hall–Kier alpha value is -1.42. The van der Waals surface area contributed by atoms with Gasteiger partial charge in [-0.15, -0.1) is 0 Å². The van der Waals surface area contributed by atoms with Gasteiger partial charge < -0.3 is 10.6 Å². The van der Waals surface area contributed by atoms with Crippen molar-refractivity contribution < 1.29 is 4.79 Å². The number of nitrogens with two attached hydrogens (primary N) is 1. The van der Waals surface area contributed by atoms with Crippen LogP contribution in [0.5, 0.6) is 0 Å². The van der Waals surface area contributed by atoms with Crippen molar-refractivity contribution in [1.82, 2.24) is 9.88 Å². The Balaban J connectivity index is 2.28. The molecule has 4 heteroatoms. The number of carbonyl (C=O) groups is 1. The molecule has 0 unspecified atom stereocenters. The van der Waals surface area contributed by atoms with E-state index in [1.807, 2.05) is 30.2 Å². The molecule has 2 rings (SSSR count). The highest BCUT2D eigenvalue weighted by Gasteiger charge is 2.38. The molecule has 2 heterocycles. The lowest BCUT2D eigenvalue weighted by molar-refractivity contribution is -0.129. The molecule has 1 aromatic heterocycles. The Bertz CT molecular complexity index is 402. The second-order valence-electron chi connectivity index (χ2n) is 4.66. The summed E-state index contributed by atoms with van der Waals surface area (Å²) in [5, 5.41) is 0. The molecule has 0 aromatic carbocycles. The number of hydrogen-bond acceptors (Lipinski definition) is 3. The van der Waals surface area contributed by atoms with Crippen molar-refractivity contribution in [2.45, 2.75) is 38.8 Å². The van der Waals surface area contributed by atoms with E-state index in [0.717, 1.165) is 24.2 Å². The largest absolute Gasteiger partial charge is 0.332 e. The predicted molar refractivity (Wildman–Crippen MR) is 66.3 cm³/mol. The van der Waals surface area contributed by atoms with Gasteiger partial charge in [0.1, 0.15) is 0 Å². The SMILES string of the molecule is CCCN1C(=O)C[C@H](N)[C@H]1c1ccc(C)cn1. The lowest BCUT2D eigenvalue weighted by atomic mass is 10.1. The quantitative estimate of drug-likeness (QED) is 0.858. The van der Waals surface area contributed by atoms with E-state index in [1.54, 1.807) is 0 Å². The second-order valence-corrected chi connectivity index (χ2v) is 4.66. The van der Waals surface area contributed by atoms with E-state index in [-0.39, 0.29) is 18.0 Å². The van der Waals surface area contributed by atoms with Gasteiger partial charge in [0.15, 0.2) is 0 Å². The van der Waals surface area contributed by atoms with E-state index in [4.69, 9.17) is 5.73 Å². The highest BCUT2D eigenvalue weighted by Crippen LogP contribution is 2.30. The minimum Gasteiger partial charge on any atom is -0.332 e. The molecule has 0 saturated carbocycles. The molecule has 4 nitrogen and oxygen atoms in total. The van der Waals surface area contributed by atoms with Gasteiger partial charge in [0.25, 0.3) is 0 Å². The number of pyridine rings is 1. The summed E-state index contributed by atoms with van der Waals surface area (Å²) in [6, 6.07) is 3.80. The van der Waals surface area contributed by atoms with E-state index in [1.165, 1.54) is 0 Å². The Morgan fingerprint density at radius 3 is 2.88 bits per heavy atom. The molecule has 0 spiro atoms. The maximum absolute atomic E-state index is 11.8. The first-order chi connectivity index (χ1) is 8.13. The summed E-state index contributed by atoms with van der Waals surface area (Å²) in [7, 11) is 0. The van der Waals surface area contributed by atoms with Crippen molar-refractivity contribution in [2.75, 3.05) is 6.54 Å². The van der Waals surface area contributed by atoms with Gasteiger partial charge in [0.2, 0.25) is 5.91 Å². The van der Waals surface area contributed by atoms with Crippen molar-refractivity contribution in [3.8, 4) is 0 Å². The van der Waals surface area contributed by atoms with Gasteiger partial charge >= 0.3 is 0 Å². The summed E-state index contributed by atoms with van der Waals surface area (Å²) in [4.78, 5) is 18.1. The number of aromatic nitrogens is 1. The minimum atomic E-state index is -0.135. The zero-order valence-corrected chi connectivity index (χ0v) is 10.4. The smallest absolute Gasteiger partial charge is 0.224 e. The number of likely N-dealkylation sites (tertiary alicyclic amines) is 1. The molecule has 0 aliphatic carbocycles. The number of nitrogens with zero attached hydrogens (tertiary/aromatic N) is 2. The van der Waals surface area contributed by atoms with Gasteiger partial charge in [-0.05, 0) is 25.0 Å². The summed E-state index contributed by atoms with van der Waals surface area (Å²) < 4.78 is 0. The summed E-state index contributed by atoms with van der Waals surface area (Å²) in [6.07, 6.45) is 3.20. The highest BCUT2D eigenvalue weighted by atomic mass is 16.2. The normalized spacial score (nSPS) is 24.4. The maximum Gasteiger partial charge on any atom is 0.224 e. The Labute approximate surface area is 102 Å². The van der Waals surface area contributed by atoms with Crippen LogP contribution >= 0.6 is 0 Å². The van der Waals surface area contributed by atoms with Gasteiger partial charge in [-0.1, -0.05) is 13.0 Å². The fraction of sp³-hybridized carbons (Fsp3) is 0.538. The molecule has 1 saturated heterocycles. The van der Waals surface area contributed by atoms with E-state index >= 15 is 0 Å². The lowest BCUT2D eigenvalue weighted by Gasteiger charge is -2.26. The van der Waals surface area contributed by atoms with Crippen LogP contribution in [0.15, 0.2) is 18.3 Å². The van der Waals surface area contributed by atoms with Crippen LogP contribution in [0.3, 0.4) is 0 Å². The van der Waals surface area contributed by atoms with Crippen LogP contribution in [0.2, 0.25) is 0 Å². The molecule has 1 aliphatic heterocycles. The summed E-state index contributed by atoms with van der Waals surface area (Å²) in [6.45, 7) is 4.82. The molecule has 0 radical (unpaired) electrons. The van der Waals surface area contributed by atoms with E-state index in [0.29, 0.717) is 6.42 Å². The standard InChI is InChI=1S/C13H19N3O/c1-3-6-16-12(17)7-10(14)13(16)11-5-4-9(2)8-15-11/h4-5,8,10,13H,3,6-7,14H2,1-2H3/t10-,13-/m0/s1. The van der Waals surface area contributed by atoms with Crippen molar-refractivity contribution >= 4 is 5.91 Å². The fourth-order valence-electron chi connectivity index (χ4n) is 2.35. The summed E-state index contributed by atoms with van der Waals surface area (Å²) in [5.74, 6) is 0.145. The van der Waals surface area contributed by atoms with Crippen LogP contribution in [0.25, 0.3) is 0 Å². The van der Waals surface area contributed by atoms with Crippen LogP contribution in [0, 0.1) is 6.92 Å². The maximum atomic E-state index is 11.8. The van der Waals surface area contributed by atoms with E-state index in [2.05, 4.69) is 11.9 Å². The molecule has 1 aliphatic rings. The van der Waals surface area contributed by atoms with Crippen LogP contribution in [0.1, 0.15) is 37.1 Å². The predicted octanol–water partition coefficient (Wildman–Crippen LogP) is 1.40. The summed E-state index contributed by atoms with van der Waals surface area (Å²) in [5.41, 5.74) is 8.08. The Morgan fingerprint density at radius 1 is 1.53 bits per heavy atom. The first-order valence-corrected chi connectivity index (χ1v) is 6.11. The number of amides is 1. The summed E-state index contributed by atoms with van der Waals surface area (Å²) >= 11 is 0. The van der Waals surface area contributed by atoms with Gasteiger partial charge in [-0.2, -0.15) is 0 Å². The first-order valence-electron chi connectivity index (χ1n) is 6.11. The van der Waals surface area contributed by atoms with Crippen molar-refractivity contribution in [3.63, 3.8) is 0 Å². The van der Waals surface area contributed by atoms with Crippen LogP contribution in [-0.2, 0) is 4.79 Å². The molecule has 17 heavy (non-hydrogen) atoms. The highest BCUT2D eigenvalue weighted by molar-refractivity contribution is 5.80. The average Bonchev–Trinajstić information content (AvgIpc) is 2.56. The molecule has 92 valence electrons. The zero-order valence-electron chi connectivity index (χ0n) is 10.4. The molecule has 1 fully saturated rings. The Kier molecular flexibility index (Phi) is 3.43. The molecule has 2 atom stereocenters. The number of rotatable bonds is 3. The van der Waals surface area contributed by atoms with Crippen molar-refractivity contribution in [2.24, 2.45) is 5.73 Å². The third-order valence-electron chi connectivity index (χ3n) is 3.17. The van der Waals surface area contributed by atoms with Gasteiger partial charge in [-0.3, -0.25) is 9.78 Å². The number of hydrogen-bond donors (Lipinski definition) is 1. The second kappa shape index (κ2) is 4.84. The van der Waals surface area contributed by atoms with E-state index in [9.17, 15) is 4.79 Å². The first kappa shape index (κ1) is 12.0. The number of carbonyl (C=O) groups excluding carboxylic acids is 1. The fourth-order valence-corrected chi connectivity index (χ4v) is 2.35. The van der Waals surface area contributed by atoms with Crippen molar-refractivity contribution in [1.29, 1.82) is 0 Å². The van der Waals surface area contributed by atoms with Gasteiger partial charge in [0.05, 0.1) is 11.7 Å². The molecule has 1 amide bonds. The van der Waals surface area contributed by atoms with E-state index < -0.39 is 0 Å². The van der Waals surface area contributed by atoms with Gasteiger partial charge in [-0.25, -0.2) is 0 Å². The van der Waals surface area contributed by atoms with Gasteiger partial charge in [0, 0.05) is 25.2 Å². The molecular formula is C13H19N3O. The topological polar surface area (TPSA) is 59.2 Å². The third kappa shape index (κ3) is 2.31. The lowest BCUT2D eigenvalue weighted by Crippen LogP contribution is -2.34. The zero-order chi connectivity index (χ0) is 12.4. The third-order valence-corrected chi connectivity index (χ3v) is 3.17. The van der Waals surface area contributed by atoms with Crippen LogP contribution < -0.4 is 5.73 Å². The van der Waals surface area contributed by atoms with Crippen LogP contribution in [-0.4, -0.2) is 28.4 Å². The Morgan fingerprint density at radius 2 is 2.29 bits per heavy atom. The monoisotopic (exact) mass is 233 g/mol. The number of aryl methyl sites for hydroxylation is 1. The molecule has 0 bridgehead atoms. The average molecular weight is 233 g/mol. The molecular weight excluding hydrogens is 214 g/mol. The van der Waals surface area contributed by atoms with Crippen molar-refractivity contribution in [3.05, 3.63) is 29.6 Å². The molecule has 1 aromatic rings. The molecule has 2 N–H and O–H groups in total. The van der Waals surface area contributed by atoms with Crippen LogP contribution in [0.4, 0.5) is 0 Å². The minimum absolute atomic E-state index is 0.0527.